The number of rotatable bonds is 5. The Bertz CT molecular complexity index is 331. The fourth-order valence-corrected chi connectivity index (χ4v) is 1.53. The van der Waals surface area contributed by atoms with E-state index in [1.807, 2.05) is 0 Å². The summed E-state index contributed by atoms with van der Waals surface area (Å²) >= 11 is 0. The Labute approximate surface area is 108 Å². The van der Waals surface area contributed by atoms with Crippen LogP contribution in [0, 0.1) is 0 Å². The number of hydrogen-bond acceptors (Lipinski definition) is 5. The smallest absolute Gasteiger partial charge is 0.423 e. The minimum absolute atomic E-state index is 0.149. The van der Waals surface area contributed by atoms with E-state index in [2.05, 4.69) is 11.3 Å². The maximum atomic E-state index is 13.0. The van der Waals surface area contributed by atoms with Crippen molar-refractivity contribution in [3.05, 3.63) is 12.7 Å². The number of halogens is 3. The third kappa shape index (κ3) is 4.19. The summed E-state index contributed by atoms with van der Waals surface area (Å²) < 4.78 is 58.0. The Balaban J connectivity index is 2.74. The molecule has 1 fully saturated rings. The molecule has 1 rings (SSSR count). The SMILES string of the molecule is C=CCOCC1OCCC(OC(C)=O)(C(F)(F)F)O1. The summed E-state index contributed by atoms with van der Waals surface area (Å²) in [5, 5.41) is 0. The predicted octanol–water partition coefficient (Wildman–Crippen LogP) is 1.77. The molecule has 8 heteroatoms. The second kappa shape index (κ2) is 6.36. The highest BCUT2D eigenvalue weighted by Gasteiger charge is 2.62. The summed E-state index contributed by atoms with van der Waals surface area (Å²) in [5.41, 5.74) is 0. The van der Waals surface area contributed by atoms with Gasteiger partial charge in [-0.25, -0.2) is 0 Å². The zero-order valence-electron chi connectivity index (χ0n) is 10.4. The van der Waals surface area contributed by atoms with E-state index in [1.165, 1.54) is 6.08 Å². The molecule has 5 nitrogen and oxygen atoms in total. The third-order valence-corrected chi connectivity index (χ3v) is 2.29. The lowest BCUT2D eigenvalue weighted by molar-refractivity contribution is -0.428. The minimum Gasteiger partial charge on any atom is -0.423 e. The minimum atomic E-state index is -4.85. The Morgan fingerprint density at radius 3 is 2.79 bits per heavy atom. The van der Waals surface area contributed by atoms with Gasteiger partial charge in [-0.15, -0.1) is 6.58 Å². The first-order chi connectivity index (χ1) is 8.81. The van der Waals surface area contributed by atoms with E-state index in [0.717, 1.165) is 6.92 Å². The second-order valence-corrected chi connectivity index (χ2v) is 3.84. The molecule has 0 aromatic carbocycles. The van der Waals surface area contributed by atoms with Crippen molar-refractivity contribution in [1.29, 1.82) is 0 Å². The van der Waals surface area contributed by atoms with Crippen molar-refractivity contribution in [2.75, 3.05) is 19.8 Å². The average Bonchev–Trinajstić information content (AvgIpc) is 2.27. The van der Waals surface area contributed by atoms with Crippen molar-refractivity contribution < 1.29 is 36.9 Å². The molecule has 19 heavy (non-hydrogen) atoms. The number of carbonyl (C=O) groups is 1. The van der Waals surface area contributed by atoms with Gasteiger partial charge in [0.25, 0.3) is 0 Å². The molecule has 1 aliphatic rings. The maximum Gasteiger partial charge on any atom is 0.455 e. The van der Waals surface area contributed by atoms with Crippen molar-refractivity contribution in [1.82, 2.24) is 0 Å². The van der Waals surface area contributed by atoms with Crippen LogP contribution in [0.25, 0.3) is 0 Å². The first kappa shape index (κ1) is 15.9. The number of ether oxygens (including phenoxy) is 4. The van der Waals surface area contributed by atoms with Crippen LogP contribution < -0.4 is 0 Å². The molecule has 0 spiro atoms. The van der Waals surface area contributed by atoms with E-state index in [1.54, 1.807) is 0 Å². The molecule has 2 unspecified atom stereocenters. The predicted molar refractivity (Wildman–Crippen MR) is 57.0 cm³/mol. The van der Waals surface area contributed by atoms with Crippen molar-refractivity contribution in [3.8, 4) is 0 Å². The molecule has 1 saturated heterocycles. The van der Waals surface area contributed by atoms with Gasteiger partial charge in [-0.1, -0.05) is 6.08 Å². The highest BCUT2D eigenvalue weighted by molar-refractivity contribution is 5.66. The molecular formula is C11H15F3O5. The first-order valence-electron chi connectivity index (χ1n) is 5.55. The van der Waals surface area contributed by atoms with Crippen LogP contribution in [-0.2, 0) is 23.7 Å². The molecule has 0 aromatic rings. The molecule has 2 atom stereocenters. The third-order valence-electron chi connectivity index (χ3n) is 2.29. The number of hydrogen-bond donors (Lipinski definition) is 0. The van der Waals surface area contributed by atoms with E-state index in [9.17, 15) is 18.0 Å². The summed E-state index contributed by atoms with van der Waals surface area (Å²) in [6.45, 7) is 3.96. The van der Waals surface area contributed by atoms with Crippen LogP contribution in [0.1, 0.15) is 13.3 Å². The molecule has 0 aliphatic carbocycles. The summed E-state index contributed by atoms with van der Waals surface area (Å²) in [5.74, 6) is -4.05. The van der Waals surface area contributed by atoms with Crippen molar-refractivity contribution >= 4 is 5.97 Å². The topological polar surface area (TPSA) is 54.0 Å². The van der Waals surface area contributed by atoms with Gasteiger partial charge in [0, 0.05) is 13.3 Å². The van der Waals surface area contributed by atoms with E-state index >= 15 is 0 Å². The van der Waals surface area contributed by atoms with E-state index in [4.69, 9.17) is 14.2 Å². The van der Waals surface area contributed by atoms with Gasteiger partial charge in [-0.3, -0.25) is 4.79 Å². The van der Waals surface area contributed by atoms with Gasteiger partial charge in [0.15, 0.2) is 6.29 Å². The molecule has 1 heterocycles. The molecule has 0 amide bonds. The fourth-order valence-electron chi connectivity index (χ4n) is 1.53. The van der Waals surface area contributed by atoms with E-state index in [0.29, 0.717) is 0 Å². The zero-order chi connectivity index (χ0) is 14.5. The van der Waals surface area contributed by atoms with Crippen molar-refractivity contribution in [2.45, 2.75) is 31.6 Å². The fraction of sp³-hybridized carbons (Fsp3) is 0.727. The van der Waals surface area contributed by atoms with Gasteiger partial charge in [0.1, 0.15) is 0 Å². The molecule has 0 aromatic heterocycles. The monoisotopic (exact) mass is 284 g/mol. The molecule has 110 valence electrons. The highest BCUT2D eigenvalue weighted by Crippen LogP contribution is 2.41. The molecule has 0 bridgehead atoms. The van der Waals surface area contributed by atoms with Crippen LogP contribution in [-0.4, -0.2) is 44.0 Å². The largest absolute Gasteiger partial charge is 0.455 e. The summed E-state index contributed by atoms with van der Waals surface area (Å²) in [6, 6.07) is 0. The zero-order valence-corrected chi connectivity index (χ0v) is 10.4. The van der Waals surface area contributed by atoms with Gasteiger partial charge in [0.2, 0.25) is 0 Å². The summed E-state index contributed by atoms with van der Waals surface area (Å²) in [7, 11) is 0. The maximum absolute atomic E-state index is 13.0. The van der Waals surface area contributed by atoms with Gasteiger partial charge in [-0.2, -0.15) is 13.2 Å². The van der Waals surface area contributed by atoms with Crippen LogP contribution in [0.4, 0.5) is 13.2 Å². The lowest BCUT2D eigenvalue weighted by atomic mass is 10.1. The highest BCUT2D eigenvalue weighted by atomic mass is 19.4. The van der Waals surface area contributed by atoms with Crippen LogP contribution in [0.3, 0.4) is 0 Å². The summed E-state index contributed by atoms with van der Waals surface area (Å²) in [6.07, 6.45) is -5.28. The van der Waals surface area contributed by atoms with Crippen LogP contribution >= 0.6 is 0 Å². The van der Waals surface area contributed by atoms with Crippen LogP contribution in [0.5, 0.6) is 0 Å². The number of carbonyl (C=O) groups excluding carboxylic acids is 1. The Morgan fingerprint density at radius 1 is 1.58 bits per heavy atom. The Morgan fingerprint density at radius 2 is 2.26 bits per heavy atom. The molecule has 0 radical (unpaired) electrons. The van der Waals surface area contributed by atoms with Gasteiger partial charge in [0.05, 0.1) is 19.8 Å². The lowest BCUT2D eigenvalue weighted by Gasteiger charge is -2.40. The van der Waals surface area contributed by atoms with Crippen LogP contribution in [0.15, 0.2) is 12.7 Å². The lowest BCUT2D eigenvalue weighted by Crippen LogP contribution is -2.57. The average molecular weight is 284 g/mol. The molecule has 1 aliphatic heterocycles. The van der Waals surface area contributed by atoms with E-state index in [-0.39, 0.29) is 19.8 Å². The standard InChI is InChI=1S/C11H15F3O5/c1-3-5-16-7-9-17-6-4-10(19-9,11(12,13)14)18-8(2)15/h3,9H,1,4-7H2,2H3. The van der Waals surface area contributed by atoms with Gasteiger partial charge >= 0.3 is 17.9 Å². The normalized spacial score (nSPS) is 27.9. The first-order valence-corrected chi connectivity index (χ1v) is 5.55. The van der Waals surface area contributed by atoms with Crippen molar-refractivity contribution in [2.24, 2.45) is 0 Å². The molecular weight excluding hydrogens is 269 g/mol. The molecule has 0 saturated carbocycles. The Kier molecular flexibility index (Phi) is 5.33. The van der Waals surface area contributed by atoms with Gasteiger partial charge < -0.3 is 18.9 Å². The summed E-state index contributed by atoms with van der Waals surface area (Å²) in [4.78, 5) is 10.8. The van der Waals surface area contributed by atoms with Crippen molar-refractivity contribution in [3.63, 3.8) is 0 Å². The number of esters is 1. The quantitative estimate of drug-likeness (QED) is 0.437. The van der Waals surface area contributed by atoms with Gasteiger partial charge in [-0.05, 0) is 0 Å². The van der Waals surface area contributed by atoms with Crippen LogP contribution in [0.2, 0.25) is 0 Å². The molecule has 0 N–H and O–H groups in total. The number of alkyl halides is 3. The van der Waals surface area contributed by atoms with E-state index < -0.39 is 30.6 Å². The Hall–Kier alpha value is -1.12. The second-order valence-electron chi connectivity index (χ2n) is 3.84.